The summed E-state index contributed by atoms with van der Waals surface area (Å²) in [4.78, 5) is 24.2. The second-order valence-electron chi connectivity index (χ2n) is 6.29. The van der Waals surface area contributed by atoms with Crippen LogP contribution in [0.2, 0.25) is 0 Å². The van der Waals surface area contributed by atoms with E-state index in [2.05, 4.69) is 6.92 Å². The van der Waals surface area contributed by atoms with Crippen LogP contribution < -0.4 is 0 Å². The van der Waals surface area contributed by atoms with E-state index >= 15 is 0 Å². The minimum Gasteiger partial charge on any atom is -0.480 e. The van der Waals surface area contributed by atoms with Crippen molar-refractivity contribution in [3.8, 4) is 0 Å². The number of ether oxygens (including phenoxy) is 1. The summed E-state index contributed by atoms with van der Waals surface area (Å²) < 4.78 is 4.99. The van der Waals surface area contributed by atoms with Gasteiger partial charge in [-0.3, -0.25) is 4.79 Å². The van der Waals surface area contributed by atoms with E-state index in [0.29, 0.717) is 19.6 Å². The standard InChI is InChI=1S/C18H31NO5/c1-2-3-4-7-16(20)10-8-15-9-11-17(21)19(15)12-5-6-13-24-14-18(22)23/h8,10,15-16,20H,2-7,9,11-14H2,1H3,(H,22,23)/b10-8+. The zero-order chi connectivity index (χ0) is 17.8. The SMILES string of the molecule is CCCCCC(O)/C=C/C1CCC(=O)N1CCCCOCC(=O)O. The van der Waals surface area contributed by atoms with Crippen molar-refractivity contribution in [1.29, 1.82) is 0 Å². The summed E-state index contributed by atoms with van der Waals surface area (Å²) in [6.45, 7) is 2.90. The second-order valence-corrected chi connectivity index (χ2v) is 6.29. The minimum atomic E-state index is -0.965. The highest BCUT2D eigenvalue weighted by atomic mass is 16.5. The quantitative estimate of drug-likeness (QED) is 0.397. The number of carbonyl (C=O) groups is 2. The fourth-order valence-electron chi connectivity index (χ4n) is 2.85. The monoisotopic (exact) mass is 341 g/mol. The average molecular weight is 341 g/mol. The van der Waals surface area contributed by atoms with Crippen molar-refractivity contribution in [3.05, 3.63) is 12.2 Å². The number of hydrogen-bond acceptors (Lipinski definition) is 4. The Bertz CT molecular complexity index is 410. The maximum absolute atomic E-state index is 12.0. The molecule has 2 unspecified atom stereocenters. The number of likely N-dealkylation sites (tertiary alicyclic amines) is 1. The van der Waals surface area contributed by atoms with Gasteiger partial charge in [-0.1, -0.05) is 38.3 Å². The van der Waals surface area contributed by atoms with Crippen LogP contribution >= 0.6 is 0 Å². The van der Waals surface area contributed by atoms with Crippen LogP contribution in [-0.2, 0) is 14.3 Å². The molecule has 0 aromatic rings. The van der Waals surface area contributed by atoms with Crippen LogP contribution in [0.25, 0.3) is 0 Å². The number of unbranched alkanes of at least 4 members (excludes halogenated alkanes) is 3. The number of aliphatic hydroxyl groups is 1. The topological polar surface area (TPSA) is 87.1 Å². The molecule has 1 rings (SSSR count). The van der Waals surface area contributed by atoms with Crippen molar-refractivity contribution >= 4 is 11.9 Å². The summed E-state index contributed by atoms with van der Waals surface area (Å²) in [6, 6.07) is 0.0678. The number of aliphatic hydroxyl groups excluding tert-OH is 1. The van der Waals surface area contributed by atoms with Gasteiger partial charge in [0.05, 0.1) is 12.1 Å². The molecule has 0 spiro atoms. The molecule has 1 saturated heterocycles. The lowest BCUT2D eigenvalue weighted by atomic mass is 10.1. The van der Waals surface area contributed by atoms with Crippen molar-refractivity contribution < 1.29 is 24.5 Å². The van der Waals surface area contributed by atoms with Crippen molar-refractivity contribution in [3.63, 3.8) is 0 Å². The lowest BCUT2D eigenvalue weighted by Crippen LogP contribution is -2.33. The summed E-state index contributed by atoms with van der Waals surface area (Å²) in [5, 5.41) is 18.4. The zero-order valence-electron chi connectivity index (χ0n) is 14.7. The molecule has 0 aliphatic carbocycles. The van der Waals surface area contributed by atoms with E-state index < -0.39 is 12.1 Å². The molecule has 6 nitrogen and oxygen atoms in total. The third kappa shape index (κ3) is 8.45. The Kier molecular flexibility index (Phi) is 10.4. The largest absolute Gasteiger partial charge is 0.480 e. The molecule has 0 aromatic heterocycles. The van der Waals surface area contributed by atoms with Crippen LogP contribution in [0.15, 0.2) is 12.2 Å². The maximum atomic E-state index is 12.0. The summed E-state index contributed by atoms with van der Waals surface area (Å²) >= 11 is 0. The molecule has 1 aliphatic rings. The van der Waals surface area contributed by atoms with Crippen LogP contribution in [0, 0.1) is 0 Å². The first kappa shape index (κ1) is 20.6. The van der Waals surface area contributed by atoms with E-state index in [1.165, 1.54) is 0 Å². The molecule has 6 heteroatoms. The number of carboxylic acids is 1. The molecule has 1 aliphatic heterocycles. The molecule has 0 saturated carbocycles. The second kappa shape index (κ2) is 12.0. The highest BCUT2D eigenvalue weighted by Crippen LogP contribution is 2.21. The van der Waals surface area contributed by atoms with Crippen molar-refractivity contribution in [2.75, 3.05) is 19.8 Å². The smallest absolute Gasteiger partial charge is 0.329 e. The molecule has 2 N–H and O–H groups in total. The van der Waals surface area contributed by atoms with Gasteiger partial charge in [-0.25, -0.2) is 4.79 Å². The third-order valence-corrected chi connectivity index (χ3v) is 4.20. The minimum absolute atomic E-state index is 0.0678. The van der Waals surface area contributed by atoms with Gasteiger partial charge in [0.2, 0.25) is 5.91 Å². The van der Waals surface area contributed by atoms with Gasteiger partial charge in [0.15, 0.2) is 0 Å². The molecule has 0 aromatic carbocycles. The van der Waals surface area contributed by atoms with Gasteiger partial charge < -0.3 is 19.8 Å². The summed E-state index contributed by atoms with van der Waals surface area (Å²) in [5.41, 5.74) is 0. The van der Waals surface area contributed by atoms with E-state index in [-0.39, 0.29) is 18.6 Å². The van der Waals surface area contributed by atoms with Crippen molar-refractivity contribution in [2.24, 2.45) is 0 Å². The number of rotatable bonds is 13. The third-order valence-electron chi connectivity index (χ3n) is 4.20. The Labute approximate surface area is 144 Å². The molecular formula is C18H31NO5. The van der Waals surface area contributed by atoms with Gasteiger partial charge in [0.1, 0.15) is 6.61 Å². The zero-order valence-corrected chi connectivity index (χ0v) is 14.7. The lowest BCUT2D eigenvalue weighted by Gasteiger charge is -2.22. The highest BCUT2D eigenvalue weighted by Gasteiger charge is 2.28. The predicted molar refractivity (Wildman–Crippen MR) is 91.7 cm³/mol. The summed E-state index contributed by atoms with van der Waals surface area (Å²) in [5.74, 6) is -0.816. The molecular weight excluding hydrogens is 310 g/mol. The predicted octanol–water partition coefficient (Wildman–Crippen LogP) is 2.36. The number of aliphatic carboxylic acids is 1. The summed E-state index contributed by atoms with van der Waals surface area (Å²) in [7, 11) is 0. The van der Waals surface area contributed by atoms with Gasteiger partial charge in [0.25, 0.3) is 0 Å². The molecule has 24 heavy (non-hydrogen) atoms. The fourth-order valence-corrected chi connectivity index (χ4v) is 2.85. The molecule has 1 fully saturated rings. The molecule has 1 amide bonds. The Hall–Kier alpha value is -1.40. The summed E-state index contributed by atoms with van der Waals surface area (Å²) in [6.07, 6.45) is 10.3. The van der Waals surface area contributed by atoms with Gasteiger partial charge >= 0.3 is 5.97 Å². The fraction of sp³-hybridized carbons (Fsp3) is 0.778. The highest BCUT2D eigenvalue weighted by molar-refractivity contribution is 5.79. The lowest BCUT2D eigenvalue weighted by molar-refractivity contribution is -0.142. The van der Waals surface area contributed by atoms with Gasteiger partial charge in [0, 0.05) is 19.6 Å². The number of carboxylic acid groups (broad SMARTS) is 1. The molecule has 2 atom stereocenters. The van der Waals surface area contributed by atoms with E-state index in [1.807, 2.05) is 17.1 Å². The first-order valence-corrected chi connectivity index (χ1v) is 9.00. The van der Waals surface area contributed by atoms with E-state index in [0.717, 1.165) is 44.9 Å². The normalized spacial score (nSPS) is 19.3. The van der Waals surface area contributed by atoms with Gasteiger partial charge in [-0.2, -0.15) is 0 Å². The van der Waals surface area contributed by atoms with Crippen LogP contribution in [0.1, 0.15) is 58.3 Å². The Morgan fingerprint density at radius 1 is 1.38 bits per heavy atom. The Morgan fingerprint density at radius 2 is 2.17 bits per heavy atom. The molecule has 0 radical (unpaired) electrons. The molecule has 1 heterocycles. The Morgan fingerprint density at radius 3 is 2.88 bits per heavy atom. The van der Waals surface area contributed by atoms with Gasteiger partial charge in [-0.05, 0) is 25.7 Å². The number of carbonyl (C=O) groups excluding carboxylic acids is 1. The molecule has 0 bridgehead atoms. The van der Waals surface area contributed by atoms with Gasteiger partial charge in [-0.15, -0.1) is 0 Å². The van der Waals surface area contributed by atoms with Crippen LogP contribution in [0.3, 0.4) is 0 Å². The van der Waals surface area contributed by atoms with Crippen molar-refractivity contribution in [2.45, 2.75) is 70.4 Å². The number of nitrogens with zero attached hydrogens (tertiary/aromatic N) is 1. The van der Waals surface area contributed by atoms with E-state index in [1.54, 1.807) is 0 Å². The maximum Gasteiger partial charge on any atom is 0.329 e. The number of amides is 1. The van der Waals surface area contributed by atoms with Crippen LogP contribution in [0.5, 0.6) is 0 Å². The van der Waals surface area contributed by atoms with Crippen LogP contribution in [0.4, 0.5) is 0 Å². The molecule has 138 valence electrons. The van der Waals surface area contributed by atoms with Crippen molar-refractivity contribution in [1.82, 2.24) is 4.90 Å². The van der Waals surface area contributed by atoms with E-state index in [4.69, 9.17) is 9.84 Å². The Balaban J connectivity index is 2.28. The first-order valence-electron chi connectivity index (χ1n) is 9.00. The average Bonchev–Trinajstić information content (AvgIpc) is 2.89. The van der Waals surface area contributed by atoms with Crippen LogP contribution in [-0.4, -0.2) is 58.9 Å². The van der Waals surface area contributed by atoms with E-state index in [9.17, 15) is 14.7 Å². The number of hydrogen-bond donors (Lipinski definition) is 2. The first-order chi connectivity index (χ1) is 11.5.